The van der Waals surface area contributed by atoms with E-state index < -0.39 is 18.0 Å². The van der Waals surface area contributed by atoms with E-state index >= 15 is 0 Å². The van der Waals surface area contributed by atoms with Gasteiger partial charge in [0.2, 0.25) is 0 Å². The second kappa shape index (κ2) is 3.76. The molecule has 82 valence electrons. The van der Waals surface area contributed by atoms with Gasteiger partial charge in [0.25, 0.3) is 0 Å². The largest absolute Gasteiger partial charge is 0.392 e. The number of nitrogens with zero attached hydrogens (tertiary/aromatic N) is 1. The Hall–Kier alpha value is -0.0400. The zero-order valence-electron chi connectivity index (χ0n) is 7.35. The van der Waals surface area contributed by atoms with Crippen LogP contribution in [0.15, 0.2) is 12.3 Å². The summed E-state index contributed by atoms with van der Waals surface area (Å²) in [6.07, 6.45) is -2.47. The molecule has 1 aromatic heterocycles. The van der Waals surface area contributed by atoms with E-state index in [1.165, 1.54) is 6.20 Å². The summed E-state index contributed by atoms with van der Waals surface area (Å²) in [6.45, 7) is 0. The lowest BCUT2D eigenvalue weighted by atomic mass is 10.1. The van der Waals surface area contributed by atoms with E-state index in [1.54, 1.807) is 6.07 Å². The van der Waals surface area contributed by atoms with Crippen LogP contribution in [0.5, 0.6) is 0 Å². The highest BCUT2D eigenvalue weighted by Crippen LogP contribution is 2.56. The van der Waals surface area contributed by atoms with E-state index in [0.717, 1.165) is 0 Å². The summed E-state index contributed by atoms with van der Waals surface area (Å²) in [5.41, 5.74) is 0.586. The summed E-state index contributed by atoms with van der Waals surface area (Å²) in [5, 5.41) is 0.418. The van der Waals surface area contributed by atoms with Gasteiger partial charge in [-0.2, -0.15) is 13.2 Å². The maximum Gasteiger partial charge on any atom is 0.392 e. The molecule has 0 saturated heterocycles. The fourth-order valence-corrected chi connectivity index (χ4v) is 2.03. The molecule has 0 aromatic carbocycles. The van der Waals surface area contributed by atoms with Crippen molar-refractivity contribution >= 4 is 34.2 Å². The van der Waals surface area contributed by atoms with Gasteiger partial charge in [0.1, 0.15) is 3.70 Å². The van der Waals surface area contributed by atoms with Crippen molar-refractivity contribution in [1.82, 2.24) is 4.98 Å². The van der Waals surface area contributed by atoms with Gasteiger partial charge in [-0.25, -0.2) is 4.98 Å². The van der Waals surface area contributed by atoms with E-state index in [4.69, 9.17) is 11.6 Å². The topological polar surface area (TPSA) is 12.9 Å². The number of aromatic nitrogens is 1. The molecule has 1 aliphatic carbocycles. The molecule has 1 saturated carbocycles. The van der Waals surface area contributed by atoms with Gasteiger partial charge in [-0.1, -0.05) is 11.6 Å². The highest BCUT2D eigenvalue weighted by molar-refractivity contribution is 14.1. The van der Waals surface area contributed by atoms with Crippen LogP contribution in [-0.2, 0) is 0 Å². The van der Waals surface area contributed by atoms with Gasteiger partial charge in [0.15, 0.2) is 0 Å². The predicted molar refractivity (Wildman–Crippen MR) is 58.9 cm³/mol. The molecule has 0 amide bonds. The third-order valence-electron chi connectivity index (χ3n) is 2.46. The smallest absolute Gasteiger partial charge is 0.248 e. The fourth-order valence-electron chi connectivity index (χ4n) is 1.56. The number of alkyl halides is 3. The molecule has 1 heterocycles. The first kappa shape index (κ1) is 11.4. The summed E-state index contributed by atoms with van der Waals surface area (Å²) in [7, 11) is 0. The van der Waals surface area contributed by atoms with Crippen molar-refractivity contribution in [3.63, 3.8) is 0 Å². The lowest BCUT2D eigenvalue weighted by molar-refractivity contribution is -0.148. The summed E-state index contributed by atoms with van der Waals surface area (Å²) in [6, 6.07) is 1.58. The van der Waals surface area contributed by atoms with Crippen LogP contribution < -0.4 is 0 Å². The molecule has 0 aliphatic heterocycles. The maximum absolute atomic E-state index is 12.3. The lowest BCUT2D eigenvalue weighted by Gasteiger charge is -2.05. The third kappa shape index (κ3) is 2.38. The molecule has 15 heavy (non-hydrogen) atoms. The second-order valence-corrected chi connectivity index (χ2v) is 4.96. The molecule has 1 nitrogen and oxygen atoms in total. The third-order valence-corrected chi connectivity index (χ3v) is 3.92. The molecule has 0 bridgehead atoms. The van der Waals surface area contributed by atoms with E-state index in [2.05, 4.69) is 4.98 Å². The standard InChI is InChI=1S/C9H6ClF3IN/c10-7-1-4(3-15-8(7)14)5-2-6(5)9(11,12)13/h1,3,5-6H,2H2/t5-,6?/m1/s1. The summed E-state index contributed by atoms with van der Waals surface area (Å²) >= 11 is 7.74. The monoisotopic (exact) mass is 347 g/mol. The van der Waals surface area contributed by atoms with Crippen molar-refractivity contribution in [2.75, 3.05) is 0 Å². The van der Waals surface area contributed by atoms with Crippen LogP contribution in [0.3, 0.4) is 0 Å². The zero-order valence-corrected chi connectivity index (χ0v) is 10.3. The number of halogens is 5. The Morgan fingerprint density at radius 1 is 1.47 bits per heavy atom. The Kier molecular flexibility index (Phi) is 2.87. The first-order valence-electron chi connectivity index (χ1n) is 4.27. The minimum atomic E-state index is -4.10. The van der Waals surface area contributed by atoms with Crippen LogP contribution in [-0.4, -0.2) is 11.2 Å². The van der Waals surface area contributed by atoms with E-state index in [0.29, 0.717) is 14.3 Å². The van der Waals surface area contributed by atoms with Gasteiger partial charge in [-0.05, 0) is 46.6 Å². The molecule has 1 unspecified atom stereocenters. The van der Waals surface area contributed by atoms with Gasteiger partial charge in [0, 0.05) is 6.20 Å². The van der Waals surface area contributed by atoms with E-state index in [-0.39, 0.29) is 6.42 Å². The average molecular weight is 348 g/mol. The Labute approximate surface area is 103 Å². The van der Waals surface area contributed by atoms with Crippen LogP contribution in [0, 0.1) is 9.62 Å². The molecule has 0 spiro atoms. The van der Waals surface area contributed by atoms with Crippen molar-refractivity contribution in [3.05, 3.63) is 26.5 Å². The summed E-state index contributed by atoms with van der Waals surface area (Å²) in [5.74, 6) is -1.66. The molecule has 0 N–H and O–H groups in total. The van der Waals surface area contributed by atoms with E-state index in [1.807, 2.05) is 22.6 Å². The van der Waals surface area contributed by atoms with Crippen LogP contribution in [0.25, 0.3) is 0 Å². The normalized spacial score (nSPS) is 25.4. The Morgan fingerprint density at radius 2 is 2.13 bits per heavy atom. The summed E-state index contributed by atoms with van der Waals surface area (Å²) in [4.78, 5) is 3.94. The molecular formula is C9H6ClF3IN. The van der Waals surface area contributed by atoms with Crippen LogP contribution in [0.1, 0.15) is 17.9 Å². The number of hydrogen-bond acceptors (Lipinski definition) is 1. The summed E-state index contributed by atoms with van der Waals surface area (Å²) < 4.78 is 37.5. The molecular weight excluding hydrogens is 341 g/mol. The molecule has 1 aromatic rings. The zero-order chi connectivity index (χ0) is 11.2. The first-order valence-corrected chi connectivity index (χ1v) is 5.73. The highest BCUT2D eigenvalue weighted by atomic mass is 127. The van der Waals surface area contributed by atoms with Gasteiger partial charge in [-0.3, -0.25) is 0 Å². The quantitative estimate of drug-likeness (QED) is 0.553. The van der Waals surface area contributed by atoms with Gasteiger partial charge < -0.3 is 0 Å². The fraction of sp³-hybridized carbons (Fsp3) is 0.444. The Morgan fingerprint density at radius 3 is 2.60 bits per heavy atom. The molecule has 1 aliphatic rings. The van der Waals surface area contributed by atoms with Gasteiger partial charge in [0.05, 0.1) is 10.9 Å². The Balaban J connectivity index is 2.17. The van der Waals surface area contributed by atoms with Gasteiger partial charge >= 0.3 is 6.18 Å². The molecule has 6 heteroatoms. The molecule has 2 atom stereocenters. The van der Waals surface area contributed by atoms with Crippen molar-refractivity contribution in [2.45, 2.75) is 18.5 Å². The Bertz CT molecular complexity index is 393. The lowest BCUT2D eigenvalue weighted by Crippen LogP contribution is -2.11. The number of pyridine rings is 1. The minimum Gasteiger partial charge on any atom is -0.248 e. The second-order valence-electron chi connectivity index (χ2n) is 3.53. The number of rotatable bonds is 1. The number of hydrogen-bond donors (Lipinski definition) is 0. The average Bonchev–Trinajstić information content (AvgIpc) is 2.87. The SMILES string of the molecule is FC(F)(F)C1C[C@@H]1c1cnc(I)c(Cl)c1. The van der Waals surface area contributed by atoms with Crippen molar-refractivity contribution in [3.8, 4) is 0 Å². The molecule has 1 fully saturated rings. The first-order chi connectivity index (χ1) is 6.89. The van der Waals surface area contributed by atoms with Crippen molar-refractivity contribution < 1.29 is 13.2 Å². The molecule has 2 rings (SSSR count). The van der Waals surface area contributed by atoms with Crippen LogP contribution >= 0.6 is 34.2 Å². The minimum absolute atomic E-state index is 0.155. The van der Waals surface area contributed by atoms with Crippen LogP contribution in [0.4, 0.5) is 13.2 Å². The highest BCUT2D eigenvalue weighted by Gasteiger charge is 2.56. The maximum atomic E-state index is 12.3. The van der Waals surface area contributed by atoms with Crippen LogP contribution in [0.2, 0.25) is 5.02 Å². The predicted octanol–water partition coefficient (Wildman–Crippen LogP) is 4.01. The van der Waals surface area contributed by atoms with Crippen molar-refractivity contribution in [1.29, 1.82) is 0 Å². The van der Waals surface area contributed by atoms with Crippen molar-refractivity contribution in [2.24, 2.45) is 5.92 Å². The van der Waals surface area contributed by atoms with Gasteiger partial charge in [-0.15, -0.1) is 0 Å². The van der Waals surface area contributed by atoms with E-state index in [9.17, 15) is 13.2 Å². The molecule has 0 radical (unpaired) electrons.